The van der Waals surface area contributed by atoms with Crippen LogP contribution in [-0.2, 0) is 0 Å². The summed E-state index contributed by atoms with van der Waals surface area (Å²) in [5.41, 5.74) is 0.371. The molecule has 1 unspecified atom stereocenters. The van der Waals surface area contributed by atoms with E-state index < -0.39 is 6.04 Å². The van der Waals surface area contributed by atoms with E-state index in [2.05, 4.69) is 5.32 Å². The van der Waals surface area contributed by atoms with Crippen molar-refractivity contribution in [1.82, 2.24) is 5.32 Å². The Morgan fingerprint density at radius 1 is 1.41 bits per heavy atom. The van der Waals surface area contributed by atoms with E-state index in [4.69, 9.17) is 14.7 Å². The fourth-order valence-electron chi connectivity index (χ4n) is 1.29. The number of nitrogens with one attached hydrogen (secondary N) is 1. The van der Waals surface area contributed by atoms with Crippen LogP contribution in [0.1, 0.15) is 17.3 Å². The van der Waals surface area contributed by atoms with E-state index in [0.717, 1.165) is 0 Å². The second kappa shape index (κ2) is 5.75. The number of ether oxygens (including phenoxy) is 2. The average Bonchev–Trinajstić information content (AvgIpc) is 2.37. The lowest BCUT2D eigenvalue weighted by Crippen LogP contribution is -2.31. The molecule has 0 aliphatic rings. The van der Waals surface area contributed by atoms with Crippen LogP contribution in [-0.4, -0.2) is 26.2 Å². The number of rotatable bonds is 4. The number of methoxy groups -OCH3 is 2. The van der Waals surface area contributed by atoms with E-state index in [0.29, 0.717) is 17.1 Å². The van der Waals surface area contributed by atoms with Crippen LogP contribution in [0.5, 0.6) is 11.5 Å². The maximum absolute atomic E-state index is 11.8. The van der Waals surface area contributed by atoms with Crippen LogP contribution >= 0.6 is 0 Å². The highest BCUT2D eigenvalue weighted by atomic mass is 16.5. The van der Waals surface area contributed by atoms with Gasteiger partial charge in [0, 0.05) is 6.07 Å². The van der Waals surface area contributed by atoms with Crippen molar-refractivity contribution in [1.29, 1.82) is 5.26 Å². The van der Waals surface area contributed by atoms with Gasteiger partial charge in [-0.2, -0.15) is 5.26 Å². The fourth-order valence-corrected chi connectivity index (χ4v) is 1.29. The number of amides is 1. The van der Waals surface area contributed by atoms with E-state index in [1.54, 1.807) is 25.1 Å². The van der Waals surface area contributed by atoms with Crippen LogP contribution in [0.2, 0.25) is 0 Å². The van der Waals surface area contributed by atoms with E-state index in [1.807, 2.05) is 6.07 Å². The first-order chi connectivity index (χ1) is 8.12. The quantitative estimate of drug-likeness (QED) is 0.853. The minimum Gasteiger partial charge on any atom is -0.497 e. The lowest BCUT2D eigenvalue weighted by Gasteiger charge is -2.11. The van der Waals surface area contributed by atoms with Crippen LogP contribution in [0.3, 0.4) is 0 Å². The van der Waals surface area contributed by atoms with Gasteiger partial charge in [-0.25, -0.2) is 0 Å². The summed E-state index contributed by atoms with van der Waals surface area (Å²) < 4.78 is 10.1. The zero-order valence-corrected chi connectivity index (χ0v) is 9.98. The number of nitriles is 1. The molecule has 5 nitrogen and oxygen atoms in total. The Labute approximate surface area is 100.0 Å². The summed E-state index contributed by atoms with van der Waals surface area (Å²) in [7, 11) is 3.01. The molecule has 0 aromatic heterocycles. The van der Waals surface area contributed by atoms with Gasteiger partial charge in [0.15, 0.2) is 0 Å². The van der Waals surface area contributed by atoms with Crippen LogP contribution in [0.4, 0.5) is 0 Å². The number of carbonyl (C=O) groups is 1. The Bertz CT molecular complexity index is 452. The minimum absolute atomic E-state index is 0.349. The van der Waals surface area contributed by atoms with Gasteiger partial charge in [0.25, 0.3) is 5.91 Å². The Hall–Kier alpha value is -2.22. The molecule has 0 bridgehead atoms. The molecule has 5 heteroatoms. The van der Waals surface area contributed by atoms with Gasteiger partial charge >= 0.3 is 0 Å². The van der Waals surface area contributed by atoms with Crippen LogP contribution in [0.25, 0.3) is 0 Å². The van der Waals surface area contributed by atoms with Gasteiger partial charge in [-0.05, 0) is 19.1 Å². The van der Waals surface area contributed by atoms with Crippen molar-refractivity contribution in [3.8, 4) is 17.6 Å². The molecule has 1 N–H and O–H groups in total. The van der Waals surface area contributed by atoms with Crippen LogP contribution in [0.15, 0.2) is 18.2 Å². The lowest BCUT2D eigenvalue weighted by atomic mass is 10.1. The second-order valence-corrected chi connectivity index (χ2v) is 3.39. The number of nitrogens with zero attached hydrogens (tertiary/aromatic N) is 1. The first kappa shape index (κ1) is 12.8. The molecule has 0 radical (unpaired) electrons. The standard InChI is InChI=1S/C12H14N2O3/c1-8(7-13)14-12(15)10-5-4-9(16-2)6-11(10)17-3/h4-6,8H,1-3H3,(H,14,15). The molecule has 17 heavy (non-hydrogen) atoms. The average molecular weight is 234 g/mol. The van der Waals surface area contributed by atoms with Crippen molar-refractivity contribution < 1.29 is 14.3 Å². The van der Waals surface area contributed by atoms with Gasteiger partial charge in [-0.15, -0.1) is 0 Å². The topological polar surface area (TPSA) is 71.3 Å². The molecule has 0 heterocycles. The van der Waals surface area contributed by atoms with Crippen LogP contribution < -0.4 is 14.8 Å². The van der Waals surface area contributed by atoms with Crippen molar-refractivity contribution in [3.63, 3.8) is 0 Å². The van der Waals surface area contributed by atoms with Gasteiger partial charge in [0.2, 0.25) is 0 Å². The minimum atomic E-state index is -0.547. The van der Waals surface area contributed by atoms with Crippen molar-refractivity contribution in [2.24, 2.45) is 0 Å². The maximum atomic E-state index is 11.8. The summed E-state index contributed by atoms with van der Waals surface area (Å²) in [6.07, 6.45) is 0. The predicted octanol–water partition coefficient (Wildman–Crippen LogP) is 1.35. The Morgan fingerprint density at radius 3 is 2.65 bits per heavy atom. The third kappa shape index (κ3) is 3.11. The predicted molar refractivity (Wildman–Crippen MR) is 62.1 cm³/mol. The highest BCUT2D eigenvalue weighted by Gasteiger charge is 2.14. The summed E-state index contributed by atoms with van der Waals surface area (Å²) in [5.74, 6) is 0.664. The number of hydrogen-bond acceptors (Lipinski definition) is 4. The molecule has 1 amide bonds. The number of hydrogen-bond donors (Lipinski definition) is 1. The first-order valence-electron chi connectivity index (χ1n) is 5.05. The van der Waals surface area contributed by atoms with Crippen molar-refractivity contribution in [2.75, 3.05) is 14.2 Å². The molecule has 0 fully saturated rings. The van der Waals surface area contributed by atoms with Gasteiger partial charge in [0.1, 0.15) is 17.5 Å². The highest BCUT2D eigenvalue weighted by Crippen LogP contribution is 2.24. The van der Waals surface area contributed by atoms with Crippen molar-refractivity contribution in [3.05, 3.63) is 23.8 Å². The first-order valence-corrected chi connectivity index (χ1v) is 5.05. The SMILES string of the molecule is COc1ccc(C(=O)NC(C)C#N)c(OC)c1. The zero-order chi connectivity index (χ0) is 12.8. The molecule has 1 atom stereocenters. The fraction of sp³-hybridized carbons (Fsp3) is 0.333. The summed E-state index contributed by atoms with van der Waals surface area (Å²) in [5, 5.41) is 11.2. The van der Waals surface area contributed by atoms with Crippen molar-refractivity contribution in [2.45, 2.75) is 13.0 Å². The Kier molecular flexibility index (Phi) is 4.35. The van der Waals surface area contributed by atoms with Crippen molar-refractivity contribution >= 4 is 5.91 Å². The normalized spacial score (nSPS) is 11.2. The number of carbonyl (C=O) groups excluding carboxylic acids is 1. The highest BCUT2D eigenvalue weighted by molar-refractivity contribution is 5.97. The molecule has 90 valence electrons. The number of benzene rings is 1. The lowest BCUT2D eigenvalue weighted by molar-refractivity contribution is 0.0944. The molecular weight excluding hydrogens is 220 g/mol. The van der Waals surface area contributed by atoms with Gasteiger partial charge < -0.3 is 14.8 Å². The molecule has 0 aliphatic heterocycles. The van der Waals surface area contributed by atoms with E-state index in [-0.39, 0.29) is 5.91 Å². The van der Waals surface area contributed by atoms with E-state index in [1.165, 1.54) is 14.2 Å². The summed E-state index contributed by atoms with van der Waals surface area (Å²) in [6, 6.07) is 6.25. The molecule has 0 saturated carbocycles. The van der Waals surface area contributed by atoms with Gasteiger partial charge in [-0.1, -0.05) is 0 Å². The molecular formula is C12H14N2O3. The monoisotopic (exact) mass is 234 g/mol. The molecule has 0 aliphatic carbocycles. The summed E-state index contributed by atoms with van der Waals surface area (Å²) in [4.78, 5) is 11.8. The molecule has 1 aromatic carbocycles. The molecule has 1 rings (SSSR count). The van der Waals surface area contributed by atoms with E-state index in [9.17, 15) is 4.79 Å². The second-order valence-electron chi connectivity index (χ2n) is 3.39. The third-order valence-electron chi connectivity index (χ3n) is 2.19. The molecule has 0 spiro atoms. The van der Waals surface area contributed by atoms with Crippen LogP contribution in [0, 0.1) is 11.3 Å². The van der Waals surface area contributed by atoms with Gasteiger partial charge in [-0.3, -0.25) is 4.79 Å². The molecule has 0 saturated heterocycles. The molecule has 1 aromatic rings. The smallest absolute Gasteiger partial charge is 0.256 e. The zero-order valence-electron chi connectivity index (χ0n) is 9.98. The summed E-state index contributed by atoms with van der Waals surface area (Å²) >= 11 is 0. The maximum Gasteiger partial charge on any atom is 0.256 e. The Morgan fingerprint density at radius 2 is 2.12 bits per heavy atom. The largest absolute Gasteiger partial charge is 0.497 e. The Balaban J connectivity index is 2.97. The third-order valence-corrected chi connectivity index (χ3v) is 2.19. The van der Waals surface area contributed by atoms with Gasteiger partial charge in [0.05, 0.1) is 25.9 Å². The summed E-state index contributed by atoms with van der Waals surface area (Å²) in [6.45, 7) is 1.61. The van der Waals surface area contributed by atoms with E-state index >= 15 is 0 Å².